The van der Waals surface area contributed by atoms with Crippen LogP contribution in [0.1, 0.15) is 26.7 Å². The first kappa shape index (κ1) is 11.3. The number of halogens is 1. The lowest BCUT2D eigenvalue weighted by atomic mass is 10.1. The maximum Gasteiger partial charge on any atom is 0.235 e. The number of rotatable bonds is 2. The highest BCUT2D eigenvalue weighted by molar-refractivity contribution is 8.14. The molecular formula is C8H16ClNO2S. The summed E-state index contributed by atoms with van der Waals surface area (Å²) in [6.07, 6.45) is 1.34. The zero-order valence-corrected chi connectivity index (χ0v) is 9.61. The fourth-order valence-electron chi connectivity index (χ4n) is 1.67. The third-order valence-corrected chi connectivity index (χ3v) is 4.63. The Labute approximate surface area is 84.5 Å². The highest BCUT2D eigenvalue weighted by atomic mass is 35.7. The smallest absolute Gasteiger partial charge is 0.235 e. The van der Waals surface area contributed by atoms with Crippen molar-refractivity contribution >= 4 is 19.7 Å². The Morgan fingerprint density at radius 2 is 1.77 bits per heavy atom. The lowest BCUT2D eigenvalue weighted by molar-refractivity contribution is 0.186. The van der Waals surface area contributed by atoms with E-state index in [4.69, 9.17) is 10.7 Å². The summed E-state index contributed by atoms with van der Waals surface area (Å²) >= 11 is 0. The normalized spacial score (nSPS) is 22.5. The zero-order chi connectivity index (χ0) is 10.1. The largest absolute Gasteiger partial charge is 0.301 e. The van der Waals surface area contributed by atoms with Crippen molar-refractivity contribution < 1.29 is 8.42 Å². The molecule has 78 valence electrons. The van der Waals surface area contributed by atoms with Gasteiger partial charge in [0.1, 0.15) is 0 Å². The minimum absolute atomic E-state index is 0.329. The molecule has 0 amide bonds. The Kier molecular flexibility index (Phi) is 3.60. The van der Waals surface area contributed by atoms with Crippen LogP contribution in [0.2, 0.25) is 0 Å². The van der Waals surface area contributed by atoms with Crippen LogP contribution in [0.5, 0.6) is 0 Å². The second-order valence-electron chi connectivity index (χ2n) is 3.80. The van der Waals surface area contributed by atoms with Gasteiger partial charge in [-0.2, -0.15) is 0 Å². The summed E-state index contributed by atoms with van der Waals surface area (Å²) in [5.74, 6) is 0. The number of nitrogens with zero attached hydrogens (tertiary/aromatic N) is 1. The average molecular weight is 226 g/mol. The van der Waals surface area contributed by atoms with E-state index in [2.05, 4.69) is 18.7 Å². The van der Waals surface area contributed by atoms with Gasteiger partial charge in [0.15, 0.2) is 0 Å². The van der Waals surface area contributed by atoms with Crippen LogP contribution in [0.15, 0.2) is 0 Å². The van der Waals surface area contributed by atoms with E-state index in [1.54, 1.807) is 0 Å². The quantitative estimate of drug-likeness (QED) is 0.668. The first-order chi connectivity index (χ1) is 5.91. The van der Waals surface area contributed by atoms with Crippen molar-refractivity contribution in [2.45, 2.75) is 38.0 Å². The van der Waals surface area contributed by atoms with Gasteiger partial charge >= 0.3 is 0 Å². The lowest BCUT2D eigenvalue weighted by Gasteiger charge is -2.33. The summed E-state index contributed by atoms with van der Waals surface area (Å²) in [5.41, 5.74) is 0. The molecule has 0 aliphatic carbocycles. The van der Waals surface area contributed by atoms with E-state index >= 15 is 0 Å². The predicted octanol–water partition coefficient (Wildman–Crippen LogP) is 1.43. The Morgan fingerprint density at radius 3 is 2.08 bits per heavy atom. The van der Waals surface area contributed by atoms with Crippen LogP contribution in [0.4, 0.5) is 0 Å². The monoisotopic (exact) mass is 225 g/mol. The van der Waals surface area contributed by atoms with Gasteiger partial charge in [0.05, 0.1) is 5.25 Å². The molecule has 0 aromatic rings. The Morgan fingerprint density at radius 1 is 1.31 bits per heavy atom. The van der Waals surface area contributed by atoms with Crippen molar-refractivity contribution in [1.82, 2.24) is 4.90 Å². The molecule has 0 unspecified atom stereocenters. The first-order valence-electron chi connectivity index (χ1n) is 4.59. The van der Waals surface area contributed by atoms with Gasteiger partial charge in [-0.3, -0.25) is 0 Å². The number of likely N-dealkylation sites (tertiary alicyclic amines) is 1. The van der Waals surface area contributed by atoms with Crippen molar-refractivity contribution in [3.63, 3.8) is 0 Å². The molecule has 0 bridgehead atoms. The van der Waals surface area contributed by atoms with E-state index in [0.717, 1.165) is 13.1 Å². The van der Waals surface area contributed by atoms with Crippen LogP contribution >= 0.6 is 10.7 Å². The van der Waals surface area contributed by atoms with Gasteiger partial charge in [-0.05, 0) is 39.8 Å². The van der Waals surface area contributed by atoms with Crippen LogP contribution < -0.4 is 0 Å². The Bertz CT molecular complexity index is 255. The van der Waals surface area contributed by atoms with Crippen molar-refractivity contribution in [2.24, 2.45) is 0 Å². The van der Waals surface area contributed by atoms with Gasteiger partial charge in [0.2, 0.25) is 9.05 Å². The van der Waals surface area contributed by atoms with Gasteiger partial charge in [-0.25, -0.2) is 8.42 Å². The topological polar surface area (TPSA) is 37.4 Å². The van der Waals surface area contributed by atoms with E-state index in [-0.39, 0.29) is 5.25 Å². The molecule has 0 spiro atoms. The highest BCUT2D eigenvalue weighted by Crippen LogP contribution is 2.21. The summed E-state index contributed by atoms with van der Waals surface area (Å²) in [6.45, 7) is 5.92. The van der Waals surface area contributed by atoms with Gasteiger partial charge in [-0.1, -0.05) is 0 Å². The molecule has 0 aromatic carbocycles. The van der Waals surface area contributed by atoms with Crippen molar-refractivity contribution in [2.75, 3.05) is 13.1 Å². The molecule has 13 heavy (non-hydrogen) atoms. The third-order valence-electron chi connectivity index (χ3n) is 2.61. The first-order valence-corrected chi connectivity index (χ1v) is 6.96. The average Bonchev–Trinajstić information content (AvgIpc) is 2.03. The number of hydrogen-bond donors (Lipinski definition) is 0. The number of piperidine rings is 1. The summed E-state index contributed by atoms with van der Waals surface area (Å²) in [5, 5.41) is -0.329. The second kappa shape index (κ2) is 4.15. The van der Waals surface area contributed by atoms with Crippen LogP contribution in [0.3, 0.4) is 0 Å². The van der Waals surface area contributed by atoms with Crippen molar-refractivity contribution in [1.29, 1.82) is 0 Å². The molecule has 0 atom stereocenters. The summed E-state index contributed by atoms with van der Waals surface area (Å²) in [7, 11) is 1.96. The fourth-order valence-corrected chi connectivity index (χ4v) is 2.98. The molecule has 1 rings (SSSR count). The van der Waals surface area contributed by atoms with Crippen LogP contribution in [-0.2, 0) is 9.05 Å². The predicted molar refractivity (Wildman–Crippen MR) is 54.5 cm³/mol. The summed E-state index contributed by atoms with van der Waals surface area (Å²) < 4.78 is 22.0. The minimum atomic E-state index is -3.33. The molecule has 3 nitrogen and oxygen atoms in total. The SMILES string of the molecule is CC(C)N1CCC(S(=O)(=O)Cl)CC1. The van der Waals surface area contributed by atoms with Crippen LogP contribution in [-0.4, -0.2) is 37.7 Å². The number of hydrogen-bond acceptors (Lipinski definition) is 3. The summed E-state index contributed by atoms with van der Waals surface area (Å²) in [4.78, 5) is 2.28. The van der Waals surface area contributed by atoms with E-state index in [1.807, 2.05) is 0 Å². The highest BCUT2D eigenvalue weighted by Gasteiger charge is 2.28. The summed E-state index contributed by atoms with van der Waals surface area (Å²) in [6, 6.07) is 0.499. The van der Waals surface area contributed by atoms with E-state index < -0.39 is 9.05 Å². The standard InChI is InChI=1S/C8H16ClNO2S/c1-7(2)10-5-3-8(4-6-10)13(9,11)12/h7-8H,3-6H2,1-2H3. The van der Waals surface area contributed by atoms with Crippen molar-refractivity contribution in [3.8, 4) is 0 Å². The van der Waals surface area contributed by atoms with E-state index in [1.165, 1.54) is 0 Å². The molecule has 0 N–H and O–H groups in total. The zero-order valence-electron chi connectivity index (χ0n) is 8.03. The molecule has 1 saturated heterocycles. The minimum Gasteiger partial charge on any atom is -0.301 e. The molecular weight excluding hydrogens is 210 g/mol. The maximum atomic E-state index is 11.0. The fraction of sp³-hybridized carbons (Fsp3) is 1.00. The second-order valence-corrected chi connectivity index (χ2v) is 6.71. The Hall–Kier alpha value is 0.200. The molecule has 0 radical (unpaired) electrons. The van der Waals surface area contributed by atoms with Crippen LogP contribution in [0.25, 0.3) is 0 Å². The molecule has 1 heterocycles. The van der Waals surface area contributed by atoms with Crippen molar-refractivity contribution in [3.05, 3.63) is 0 Å². The Balaban J connectivity index is 2.49. The van der Waals surface area contributed by atoms with Crippen LogP contribution in [0, 0.1) is 0 Å². The van der Waals surface area contributed by atoms with Gasteiger partial charge in [-0.15, -0.1) is 0 Å². The molecule has 1 fully saturated rings. The van der Waals surface area contributed by atoms with Gasteiger partial charge < -0.3 is 4.90 Å². The van der Waals surface area contributed by atoms with Gasteiger partial charge in [0, 0.05) is 16.7 Å². The lowest BCUT2D eigenvalue weighted by Crippen LogP contribution is -2.41. The molecule has 5 heteroatoms. The maximum absolute atomic E-state index is 11.0. The molecule has 1 aliphatic rings. The van der Waals surface area contributed by atoms with E-state index in [0.29, 0.717) is 18.9 Å². The molecule has 0 saturated carbocycles. The van der Waals surface area contributed by atoms with Gasteiger partial charge in [0.25, 0.3) is 0 Å². The van der Waals surface area contributed by atoms with E-state index in [9.17, 15) is 8.42 Å². The molecule has 1 aliphatic heterocycles. The molecule has 0 aromatic heterocycles. The third kappa shape index (κ3) is 3.11.